The minimum Gasteiger partial charge on any atom is -0.424 e. The molecule has 0 aromatic heterocycles. The molecule has 158 valence electrons. The van der Waals surface area contributed by atoms with E-state index < -0.39 is 9.76 Å². The molecule has 0 heterocycles. The molecule has 0 aromatic rings. The first-order chi connectivity index (χ1) is 12.3. The highest BCUT2D eigenvalue weighted by atomic mass is 28.2. The molecule has 0 atom stereocenters. The Bertz CT molecular complexity index is 276. The topological polar surface area (TPSA) is 19.0 Å². The van der Waals surface area contributed by atoms with E-state index in [1.807, 2.05) is 0 Å². The fourth-order valence-corrected chi connectivity index (χ4v) is 5.43. The monoisotopic (exact) mass is 387 g/mol. The summed E-state index contributed by atoms with van der Waals surface area (Å²) in [6.07, 6.45) is 10.5. The minimum absolute atomic E-state index is 0.396. The molecular weight excluding hydrogens is 338 g/mol. The fraction of sp³-hybridized carbons (Fsp3) is 1.00. The number of nitrogens with zero attached hydrogens (tertiary/aromatic N) is 3. The van der Waals surface area contributed by atoms with Crippen LogP contribution in [-0.2, 0) is 4.43 Å². The summed E-state index contributed by atoms with van der Waals surface area (Å²) in [6, 6.07) is 1.37. The SMILES string of the molecule is CCCCO[SiH2]CC(CCCN(C)C)(CCCN(C)C)CCCN(C)C. The predicted octanol–water partition coefficient (Wildman–Crippen LogP) is 3.32. The van der Waals surface area contributed by atoms with Crippen LogP contribution in [0.4, 0.5) is 0 Å². The third-order valence-electron chi connectivity index (χ3n) is 5.36. The zero-order chi connectivity index (χ0) is 19.8. The lowest BCUT2D eigenvalue weighted by Gasteiger charge is -2.35. The molecular formula is C21H49N3OSi. The normalized spacial score (nSPS) is 13.2. The Morgan fingerprint density at radius 1 is 0.692 bits per heavy atom. The molecule has 0 aromatic carbocycles. The molecule has 0 rings (SSSR count). The van der Waals surface area contributed by atoms with Gasteiger partial charge in [0.15, 0.2) is 9.76 Å². The molecule has 0 N–H and O–H groups in total. The molecule has 0 unspecified atom stereocenters. The summed E-state index contributed by atoms with van der Waals surface area (Å²) in [7, 11) is 12.8. The number of unbranched alkanes of at least 4 members (excludes halogenated alkanes) is 1. The highest BCUT2D eigenvalue weighted by Gasteiger charge is 2.29. The summed E-state index contributed by atoms with van der Waals surface area (Å²) in [5, 5.41) is 0. The van der Waals surface area contributed by atoms with Crippen molar-refractivity contribution in [1.29, 1.82) is 0 Å². The lowest BCUT2D eigenvalue weighted by atomic mass is 9.76. The van der Waals surface area contributed by atoms with Crippen molar-refractivity contribution in [3.63, 3.8) is 0 Å². The molecule has 0 aliphatic carbocycles. The van der Waals surface area contributed by atoms with Crippen LogP contribution in [0.15, 0.2) is 0 Å². The van der Waals surface area contributed by atoms with Gasteiger partial charge in [-0.1, -0.05) is 13.3 Å². The Kier molecular flexibility index (Phi) is 16.1. The van der Waals surface area contributed by atoms with E-state index >= 15 is 0 Å². The van der Waals surface area contributed by atoms with Crippen molar-refractivity contribution < 1.29 is 4.43 Å². The third-order valence-corrected chi connectivity index (χ3v) is 7.20. The van der Waals surface area contributed by atoms with Gasteiger partial charge in [-0.3, -0.25) is 0 Å². The van der Waals surface area contributed by atoms with Crippen LogP contribution >= 0.6 is 0 Å². The second-order valence-electron chi connectivity index (χ2n) is 8.94. The average molecular weight is 388 g/mol. The Morgan fingerprint density at radius 3 is 1.46 bits per heavy atom. The van der Waals surface area contributed by atoms with Crippen LogP contribution in [0.5, 0.6) is 0 Å². The van der Waals surface area contributed by atoms with Crippen LogP contribution in [0.25, 0.3) is 0 Å². The van der Waals surface area contributed by atoms with Crippen LogP contribution in [0.1, 0.15) is 58.3 Å². The van der Waals surface area contributed by atoms with Crippen LogP contribution < -0.4 is 0 Å². The molecule has 0 spiro atoms. The van der Waals surface area contributed by atoms with Gasteiger partial charge in [-0.2, -0.15) is 0 Å². The van der Waals surface area contributed by atoms with Gasteiger partial charge in [0, 0.05) is 6.61 Å². The molecule has 0 aliphatic rings. The predicted molar refractivity (Wildman–Crippen MR) is 120 cm³/mol. The molecule has 0 radical (unpaired) electrons. The Balaban J connectivity index is 4.79. The van der Waals surface area contributed by atoms with Crippen LogP contribution in [0.3, 0.4) is 0 Å². The van der Waals surface area contributed by atoms with Gasteiger partial charge in [0.2, 0.25) is 0 Å². The summed E-state index contributed by atoms with van der Waals surface area (Å²) in [5.74, 6) is 0. The summed E-state index contributed by atoms with van der Waals surface area (Å²) in [4.78, 5) is 7.00. The molecule has 0 aliphatic heterocycles. The van der Waals surface area contributed by atoms with E-state index in [2.05, 4.69) is 63.9 Å². The fourth-order valence-electron chi connectivity index (χ4n) is 3.70. The van der Waals surface area contributed by atoms with Crippen LogP contribution in [0, 0.1) is 5.41 Å². The average Bonchev–Trinajstić information content (AvgIpc) is 2.53. The Morgan fingerprint density at radius 2 is 1.12 bits per heavy atom. The van der Waals surface area contributed by atoms with E-state index in [9.17, 15) is 0 Å². The maximum absolute atomic E-state index is 6.12. The second-order valence-corrected chi connectivity index (χ2v) is 10.3. The molecule has 0 saturated heterocycles. The lowest BCUT2D eigenvalue weighted by Crippen LogP contribution is -2.28. The van der Waals surface area contributed by atoms with E-state index in [1.54, 1.807) is 0 Å². The maximum Gasteiger partial charge on any atom is 0.162 e. The largest absolute Gasteiger partial charge is 0.424 e. The van der Waals surface area contributed by atoms with E-state index in [4.69, 9.17) is 4.43 Å². The maximum atomic E-state index is 6.12. The summed E-state index contributed by atoms with van der Waals surface area (Å²) in [5.41, 5.74) is 0.514. The van der Waals surface area contributed by atoms with Crippen molar-refractivity contribution in [2.45, 2.75) is 64.3 Å². The second kappa shape index (κ2) is 16.1. The third kappa shape index (κ3) is 15.1. The number of hydrogen-bond acceptors (Lipinski definition) is 4. The smallest absolute Gasteiger partial charge is 0.162 e. The number of rotatable bonds is 18. The van der Waals surface area contributed by atoms with Crippen molar-refractivity contribution in [2.24, 2.45) is 5.41 Å². The Labute approximate surface area is 167 Å². The van der Waals surface area contributed by atoms with E-state index in [1.165, 1.54) is 77.0 Å². The van der Waals surface area contributed by atoms with E-state index in [0.29, 0.717) is 5.41 Å². The molecule has 0 bridgehead atoms. The molecule has 4 nitrogen and oxygen atoms in total. The molecule has 0 saturated carbocycles. The van der Waals surface area contributed by atoms with Gasteiger partial charge in [-0.15, -0.1) is 0 Å². The van der Waals surface area contributed by atoms with Gasteiger partial charge in [0.25, 0.3) is 0 Å². The van der Waals surface area contributed by atoms with E-state index in [-0.39, 0.29) is 0 Å². The first kappa shape index (κ1) is 26.1. The highest BCUT2D eigenvalue weighted by molar-refractivity contribution is 6.27. The first-order valence-corrected chi connectivity index (χ1v) is 12.4. The van der Waals surface area contributed by atoms with Gasteiger partial charge in [-0.05, 0) is 118 Å². The quantitative estimate of drug-likeness (QED) is 0.265. The molecule has 5 heteroatoms. The van der Waals surface area contributed by atoms with Crippen LogP contribution in [-0.4, -0.2) is 93.0 Å². The molecule has 0 amide bonds. The standard InChI is InChI=1S/C21H49N3OSi/c1-8-9-19-25-26-20-21(13-10-16-22(2)3,14-11-17-23(4)5)15-12-18-24(6)7/h8-20,26H2,1-7H3. The van der Waals surface area contributed by atoms with Crippen molar-refractivity contribution in [3.8, 4) is 0 Å². The molecule has 26 heavy (non-hydrogen) atoms. The number of hydrogen-bond donors (Lipinski definition) is 0. The minimum atomic E-state index is -0.396. The van der Waals surface area contributed by atoms with Gasteiger partial charge in [0.05, 0.1) is 0 Å². The highest BCUT2D eigenvalue weighted by Crippen LogP contribution is 2.39. The van der Waals surface area contributed by atoms with Gasteiger partial charge >= 0.3 is 0 Å². The summed E-state index contributed by atoms with van der Waals surface area (Å²) >= 11 is 0. The van der Waals surface area contributed by atoms with E-state index in [0.717, 1.165) is 6.61 Å². The van der Waals surface area contributed by atoms with Crippen molar-refractivity contribution in [3.05, 3.63) is 0 Å². The molecule has 0 fully saturated rings. The summed E-state index contributed by atoms with van der Waals surface area (Å²) < 4.78 is 6.12. The van der Waals surface area contributed by atoms with Crippen molar-refractivity contribution in [1.82, 2.24) is 14.7 Å². The van der Waals surface area contributed by atoms with Gasteiger partial charge in [-0.25, -0.2) is 0 Å². The summed E-state index contributed by atoms with van der Waals surface area (Å²) in [6.45, 7) is 6.87. The lowest BCUT2D eigenvalue weighted by molar-refractivity contribution is 0.194. The zero-order valence-electron chi connectivity index (χ0n) is 19.1. The van der Waals surface area contributed by atoms with Crippen molar-refractivity contribution >= 4 is 9.76 Å². The van der Waals surface area contributed by atoms with Gasteiger partial charge in [0.1, 0.15) is 0 Å². The van der Waals surface area contributed by atoms with Gasteiger partial charge < -0.3 is 19.1 Å². The first-order valence-electron chi connectivity index (χ1n) is 10.8. The zero-order valence-corrected chi connectivity index (χ0v) is 20.6. The Hall–Kier alpha value is 0.0569. The van der Waals surface area contributed by atoms with Crippen molar-refractivity contribution in [2.75, 3.05) is 68.5 Å². The van der Waals surface area contributed by atoms with Crippen LogP contribution in [0.2, 0.25) is 6.04 Å².